The molecule has 22 heavy (non-hydrogen) atoms. The molecule has 0 spiro atoms. The summed E-state index contributed by atoms with van der Waals surface area (Å²) in [7, 11) is 0. The van der Waals surface area contributed by atoms with Crippen molar-refractivity contribution >= 4 is 40.6 Å². The summed E-state index contributed by atoms with van der Waals surface area (Å²) >= 11 is 2.18. The Hall–Kier alpha value is -1.92. The minimum absolute atomic E-state index is 0.137. The number of nitrogens with one attached hydrogen (secondary N) is 1. The summed E-state index contributed by atoms with van der Waals surface area (Å²) in [6.45, 7) is 2.65. The highest BCUT2D eigenvalue weighted by Gasteiger charge is 2.12. The van der Waals surface area contributed by atoms with Crippen LogP contribution in [0.25, 0.3) is 0 Å². The topological polar surface area (TPSA) is 99.2 Å². The smallest absolute Gasteiger partial charge is 0.267 e. The number of rotatable bonds is 7. The molecule has 1 rings (SSSR count). The molecule has 0 saturated heterocycles. The molecule has 0 radical (unpaired) electrons. The number of amides is 2. The van der Waals surface area contributed by atoms with E-state index in [2.05, 4.69) is 27.9 Å². The van der Waals surface area contributed by atoms with Gasteiger partial charge >= 0.3 is 0 Å². The molecule has 0 bridgehead atoms. The second kappa shape index (κ2) is 9.17. The lowest BCUT2D eigenvalue weighted by Gasteiger charge is -2.13. The van der Waals surface area contributed by atoms with Gasteiger partial charge in [-0.15, -0.1) is 0 Å². The first-order valence-electron chi connectivity index (χ1n) is 6.62. The summed E-state index contributed by atoms with van der Waals surface area (Å²) in [6, 6.07) is 7.36. The van der Waals surface area contributed by atoms with E-state index in [0.717, 1.165) is 9.13 Å². The molecule has 2 amide bonds. The number of nitrogens with two attached hydrogens (primary N) is 1. The molecular weight excluding hydrogens is 395 g/mol. The normalized spacial score (nSPS) is 10.7. The third kappa shape index (κ3) is 5.46. The van der Waals surface area contributed by atoms with Gasteiger partial charge in [-0.1, -0.05) is 0 Å². The fourth-order valence-corrected chi connectivity index (χ4v) is 2.33. The van der Waals surface area contributed by atoms with Crippen molar-refractivity contribution in [3.8, 4) is 6.07 Å². The molecular formula is C15H17IN4O2. The zero-order valence-electron chi connectivity index (χ0n) is 12.2. The molecule has 0 aliphatic carbocycles. The van der Waals surface area contributed by atoms with Crippen LogP contribution in [0.15, 0.2) is 30.0 Å². The standard InChI is InChI=1S/C15H17IN4O2/c1-11-7-13(16)3-4-14(11)19-15(22)12(8-18)9-20(10-21)6-2-5-17/h3-4,7,9-10H,2,5-6,17H2,1H3,(H,19,22)/b12-9-. The average Bonchev–Trinajstić information content (AvgIpc) is 2.50. The summed E-state index contributed by atoms with van der Waals surface area (Å²) in [4.78, 5) is 24.3. The lowest BCUT2D eigenvalue weighted by molar-refractivity contribution is -0.116. The summed E-state index contributed by atoms with van der Waals surface area (Å²) in [6.07, 6.45) is 2.39. The van der Waals surface area contributed by atoms with Gasteiger partial charge in [0.1, 0.15) is 11.6 Å². The molecule has 7 heteroatoms. The van der Waals surface area contributed by atoms with Gasteiger partial charge in [0.25, 0.3) is 5.91 Å². The zero-order valence-corrected chi connectivity index (χ0v) is 14.3. The van der Waals surface area contributed by atoms with Gasteiger partial charge < -0.3 is 16.0 Å². The lowest BCUT2D eigenvalue weighted by atomic mass is 10.2. The third-order valence-corrected chi connectivity index (χ3v) is 3.52. The molecule has 0 aliphatic heterocycles. The minimum Gasteiger partial charge on any atom is -0.330 e. The van der Waals surface area contributed by atoms with E-state index in [1.54, 1.807) is 6.07 Å². The number of benzene rings is 1. The Morgan fingerprint density at radius 3 is 2.82 bits per heavy atom. The Balaban J connectivity index is 2.88. The molecule has 0 saturated carbocycles. The van der Waals surface area contributed by atoms with Crippen LogP contribution in [-0.2, 0) is 9.59 Å². The van der Waals surface area contributed by atoms with Gasteiger partial charge in [0.2, 0.25) is 6.41 Å². The highest BCUT2D eigenvalue weighted by Crippen LogP contribution is 2.18. The van der Waals surface area contributed by atoms with E-state index in [-0.39, 0.29) is 5.57 Å². The highest BCUT2D eigenvalue weighted by atomic mass is 127. The van der Waals surface area contributed by atoms with Crippen molar-refractivity contribution in [2.75, 3.05) is 18.4 Å². The number of nitrogens with zero attached hydrogens (tertiary/aromatic N) is 2. The number of carbonyl (C=O) groups is 2. The summed E-state index contributed by atoms with van der Waals surface area (Å²) in [5.74, 6) is -0.550. The van der Waals surface area contributed by atoms with Crippen molar-refractivity contribution in [1.82, 2.24) is 4.90 Å². The molecule has 0 unspecified atom stereocenters. The van der Waals surface area contributed by atoms with Crippen LogP contribution in [-0.4, -0.2) is 30.3 Å². The van der Waals surface area contributed by atoms with Crippen LogP contribution in [0.1, 0.15) is 12.0 Å². The van der Waals surface area contributed by atoms with Gasteiger partial charge in [-0.2, -0.15) is 5.26 Å². The van der Waals surface area contributed by atoms with E-state index in [1.807, 2.05) is 25.1 Å². The average molecular weight is 412 g/mol. The summed E-state index contributed by atoms with van der Waals surface area (Å²) in [5.41, 5.74) is 6.77. The molecule has 1 aromatic carbocycles. The van der Waals surface area contributed by atoms with Crippen molar-refractivity contribution in [3.63, 3.8) is 0 Å². The first-order chi connectivity index (χ1) is 10.5. The molecule has 0 aromatic heterocycles. The molecule has 0 aliphatic rings. The first-order valence-corrected chi connectivity index (χ1v) is 7.70. The van der Waals surface area contributed by atoms with Gasteiger partial charge in [0, 0.05) is 22.0 Å². The quantitative estimate of drug-likeness (QED) is 0.309. The molecule has 1 aromatic rings. The number of nitriles is 1. The highest BCUT2D eigenvalue weighted by molar-refractivity contribution is 14.1. The molecule has 0 heterocycles. The fraction of sp³-hybridized carbons (Fsp3) is 0.267. The van der Waals surface area contributed by atoms with Crippen LogP contribution in [0.4, 0.5) is 5.69 Å². The van der Waals surface area contributed by atoms with Crippen molar-refractivity contribution in [2.24, 2.45) is 5.73 Å². The molecule has 3 N–H and O–H groups in total. The summed E-state index contributed by atoms with van der Waals surface area (Å²) < 4.78 is 1.05. The van der Waals surface area contributed by atoms with E-state index in [1.165, 1.54) is 11.1 Å². The van der Waals surface area contributed by atoms with Crippen molar-refractivity contribution < 1.29 is 9.59 Å². The predicted octanol–water partition coefficient (Wildman–Crippen LogP) is 1.75. The van der Waals surface area contributed by atoms with Crippen molar-refractivity contribution in [3.05, 3.63) is 39.1 Å². The third-order valence-electron chi connectivity index (χ3n) is 2.85. The SMILES string of the molecule is Cc1cc(I)ccc1NC(=O)/C(C#N)=C\N(C=O)CCCN. The van der Waals surface area contributed by atoms with E-state index in [4.69, 9.17) is 11.0 Å². The van der Waals surface area contributed by atoms with E-state index in [9.17, 15) is 9.59 Å². The maximum absolute atomic E-state index is 12.1. The van der Waals surface area contributed by atoms with Crippen LogP contribution in [0.2, 0.25) is 0 Å². The number of hydrogen-bond acceptors (Lipinski definition) is 4. The van der Waals surface area contributed by atoms with Crippen LogP contribution in [0.3, 0.4) is 0 Å². The number of aryl methyl sites for hydroxylation is 1. The minimum atomic E-state index is -0.550. The second-order valence-corrected chi connectivity index (χ2v) is 5.80. The van der Waals surface area contributed by atoms with Crippen LogP contribution in [0.5, 0.6) is 0 Å². The second-order valence-electron chi connectivity index (χ2n) is 4.55. The van der Waals surface area contributed by atoms with Gasteiger partial charge in [0.15, 0.2) is 0 Å². The monoisotopic (exact) mass is 412 g/mol. The number of anilines is 1. The molecule has 6 nitrogen and oxygen atoms in total. The van der Waals surface area contributed by atoms with Crippen molar-refractivity contribution in [1.29, 1.82) is 5.26 Å². The lowest BCUT2D eigenvalue weighted by Crippen LogP contribution is -2.22. The maximum atomic E-state index is 12.1. The fourth-order valence-electron chi connectivity index (χ4n) is 1.68. The van der Waals surface area contributed by atoms with Gasteiger partial charge in [-0.25, -0.2) is 0 Å². The Kier molecular flexibility index (Phi) is 7.56. The molecule has 0 fully saturated rings. The van der Waals surface area contributed by atoms with E-state index in [0.29, 0.717) is 31.6 Å². The Morgan fingerprint density at radius 2 is 2.27 bits per heavy atom. The maximum Gasteiger partial charge on any atom is 0.267 e. The zero-order chi connectivity index (χ0) is 16.5. The Labute approximate surface area is 143 Å². The van der Waals surface area contributed by atoms with Crippen LogP contribution in [0, 0.1) is 21.8 Å². The van der Waals surface area contributed by atoms with Gasteiger partial charge in [-0.05, 0) is 66.2 Å². The largest absolute Gasteiger partial charge is 0.330 e. The van der Waals surface area contributed by atoms with Gasteiger partial charge in [0.05, 0.1) is 0 Å². The molecule has 0 atom stereocenters. The number of halogens is 1. The number of carbonyl (C=O) groups excluding carboxylic acids is 2. The van der Waals surface area contributed by atoms with Crippen LogP contribution < -0.4 is 11.1 Å². The Bertz CT molecular complexity index is 622. The van der Waals surface area contributed by atoms with Gasteiger partial charge in [-0.3, -0.25) is 9.59 Å². The first kappa shape index (κ1) is 18.1. The predicted molar refractivity (Wildman–Crippen MR) is 92.7 cm³/mol. The Morgan fingerprint density at radius 1 is 1.55 bits per heavy atom. The summed E-state index contributed by atoms with van der Waals surface area (Å²) in [5, 5.41) is 11.8. The number of hydrogen-bond donors (Lipinski definition) is 2. The van der Waals surface area contributed by atoms with Crippen molar-refractivity contribution in [2.45, 2.75) is 13.3 Å². The van der Waals surface area contributed by atoms with E-state index < -0.39 is 5.91 Å². The van der Waals surface area contributed by atoms with Crippen LogP contribution >= 0.6 is 22.6 Å². The van der Waals surface area contributed by atoms with E-state index >= 15 is 0 Å². The molecule has 116 valence electrons.